The largest absolute Gasteiger partial charge is 0.465 e. The molecule has 3 aromatic rings. The summed E-state index contributed by atoms with van der Waals surface area (Å²) in [7, 11) is 4.19. The Morgan fingerprint density at radius 2 is 1.64 bits per heavy atom. The van der Waals surface area contributed by atoms with Crippen molar-refractivity contribution in [3.63, 3.8) is 0 Å². The molecule has 1 heterocycles. The van der Waals surface area contributed by atoms with Gasteiger partial charge in [-0.25, -0.2) is 0 Å². The fraction of sp³-hybridized carbons (Fsp3) is 0.273. The lowest BCUT2D eigenvalue weighted by Gasteiger charge is -2.13. The summed E-state index contributed by atoms with van der Waals surface area (Å²) in [5, 5.41) is 3.48. The molecule has 0 aliphatic heterocycles. The molecule has 0 aliphatic carbocycles. The van der Waals surface area contributed by atoms with E-state index in [1.807, 2.05) is 19.1 Å². The van der Waals surface area contributed by atoms with Crippen molar-refractivity contribution >= 4 is 0 Å². The molecule has 0 aliphatic rings. The van der Waals surface area contributed by atoms with E-state index < -0.39 is 0 Å². The number of hydrogen-bond donors (Lipinski definition) is 1. The van der Waals surface area contributed by atoms with Gasteiger partial charge in [-0.1, -0.05) is 48.5 Å². The summed E-state index contributed by atoms with van der Waals surface area (Å²) < 4.78 is 5.61. The molecule has 0 saturated heterocycles. The number of nitrogens with one attached hydrogen (secondary N) is 1. The van der Waals surface area contributed by atoms with Gasteiger partial charge in [-0.2, -0.15) is 0 Å². The van der Waals surface area contributed by atoms with Crippen molar-refractivity contribution in [2.75, 3.05) is 14.1 Å². The summed E-state index contributed by atoms with van der Waals surface area (Å²) in [6.45, 7) is 4.49. The highest BCUT2D eigenvalue weighted by Crippen LogP contribution is 2.24. The van der Waals surface area contributed by atoms with Gasteiger partial charge in [-0.05, 0) is 55.4 Å². The van der Waals surface area contributed by atoms with Crippen LogP contribution in [0.25, 0.3) is 11.1 Å². The normalized spacial score (nSPS) is 11.2. The zero-order valence-electron chi connectivity index (χ0n) is 15.3. The van der Waals surface area contributed by atoms with Gasteiger partial charge in [0.1, 0.15) is 11.5 Å². The minimum atomic E-state index is 0.740. The number of benzene rings is 2. The molecular weight excluding hydrogens is 308 g/mol. The Balaban J connectivity index is 1.69. The van der Waals surface area contributed by atoms with Crippen molar-refractivity contribution in [3.8, 4) is 11.1 Å². The molecule has 0 spiro atoms. The summed E-state index contributed by atoms with van der Waals surface area (Å²) in [4.78, 5) is 2.18. The maximum atomic E-state index is 5.61. The lowest BCUT2D eigenvalue weighted by Crippen LogP contribution is -2.13. The second-order valence-electron chi connectivity index (χ2n) is 6.71. The molecule has 0 fully saturated rings. The van der Waals surface area contributed by atoms with Crippen LogP contribution in [0.15, 0.2) is 65.1 Å². The molecule has 2 aromatic carbocycles. The molecule has 0 saturated carbocycles. The summed E-state index contributed by atoms with van der Waals surface area (Å²) in [6.07, 6.45) is 0. The van der Waals surface area contributed by atoms with Gasteiger partial charge in [0.2, 0.25) is 0 Å². The molecule has 0 atom stereocenters. The van der Waals surface area contributed by atoms with Crippen LogP contribution in [0.4, 0.5) is 0 Å². The van der Waals surface area contributed by atoms with Gasteiger partial charge in [0.15, 0.2) is 0 Å². The van der Waals surface area contributed by atoms with Gasteiger partial charge in [0, 0.05) is 13.1 Å². The van der Waals surface area contributed by atoms with Gasteiger partial charge in [-0.15, -0.1) is 0 Å². The maximum absolute atomic E-state index is 5.61. The first-order chi connectivity index (χ1) is 12.1. The van der Waals surface area contributed by atoms with E-state index in [0.29, 0.717) is 0 Å². The van der Waals surface area contributed by atoms with Crippen LogP contribution in [0, 0.1) is 6.92 Å². The topological polar surface area (TPSA) is 28.4 Å². The first-order valence-corrected chi connectivity index (χ1v) is 8.70. The van der Waals surface area contributed by atoms with Crippen LogP contribution in [0.1, 0.15) is 22.6 Å². The highest BCUT2D eigenvalue weighted by atomic mass is 16.3. The number of aryl methyl sites for hydroxylation is 1. The third kappa shape index (κ3) is 4.81. The predicted octanol–water partition coefficient (Wildman–Crippen LogP) is 4.61. The lowest BCUT2D eigenvalue weighted by atomic mass is 9.98. The molecule has 130 valence electrons. The van der Waals surface area contributed by atoms with Crippen molar-refractivity contribution in [2.24, 2.45) is 0 Å². The standard InChI is InChI=1S/C22H26N2O/c1-17-8-13-21(25-17)15-23-14-20-6-4-5-7-22(20)19-11-9-18(10-12-19)16-24(2)3/h4-13,23H,14-16H2,1-3H3. The molecule has 0 bridgehead atoms. The Kier molecular flexibility index (Phi) is 5.69. The van der Waals surface area contributed by atoms with E-state index in [-0.39, 0.29) is 0 Å². The Labute approximate surface area is 150 Å². The number of nitrogens with zero attached hydrogens (tertiary/aromatic N) is 1. The van der Waals surface area contributed by atoms with Crippen molar-refractivity contribution in [1.82, 2.24) is 10.2 Å². The molecular formula is C22H26N2O. The van der Waals surface area contributed by atoms with Crippen molar-refractivity contribution in [2.45, 2.75) is 26.6 Å². The van der Waals surface area contributed by atoms with Gasteiger partial charge in [0.25, 0.3) is 0 Å². The highest BCUT2D eigenvalue weighted by molar-refractivity contribution is 5.67. The third-order valence-corrected chi connectivity index (χ3v) is 4.19. The van der Waals surface area contributed by atoms with Gasteiger partial charge in [0.05, 0.1) is 6.54 Å². The third-order valence-electron chi connectivity index (χ3n) is 4.19. The van der Waals surface area contributed by atoms with Crippen molar-refractivity contribution in [1.29, 1.82) is 0 Å². The minimum absolute atomic E-state index is 0.740. The smallest absolute Gasteiger partial charge is 0.117 e. The Morgan fingerprint density at radius 1 is 0.880 bits per heavy atom. The van der Waals surface area contributed by atoms with E-state index in [2.05, 4.69) is 72.8 Å². The van der Waals surface area contributed by atoms with E-state index in [4.69, 9.17) is 4.42 Å². The maximum Gasteiger partial charge on any atom is 0.117 e. The minimum Gasteiger partial charge on any atom is -0.465 e. The van der Waals surface area contributed by atoms with E-state index >= 15 is 0 Å². The van der Waals surface area contributed by atoms with E-state index in [1.165, 1.54) is 22.3 Å². The van der Waals surface area contributed by atoms with E-state index in [0.717, 1.165) is 31.2 Å². The average Bonchev–Trinajstić information content (AvgIpc) is 3.01. The molecule has 25 heavy (non-hydrogen) atoms. The monoisotopic (exact) mass is 334 g/mol. The first-order valence-electron chi connectivity index (χ1n) is 8.70. The first kappa shape index (κ1) is 17.5. The van der Waals surface area contributed by atoms with Gasteiger partial charge < -0.3 is 14.6 Å². The lowest BCUT2D eigenvalue weighted by molar-refractivity contribution is 0.402. The SMILES string of the molecule is Cc1ccc(CNCc2ccccc2-c2ccc(CN(C)C)cc2)o1. The van der Waals surface area contributed by atoms with Gasteiger partial charge >= 0.3 is 0 Å². The van der Waals surface area contributed by atoms with Crippen LogP contribution >= 0.6 is 0 Å². The number of furan rings is 1. The fourth-order valence-electron chi connectivity index (χ4n) is 3.01. The summed E-state index contributed by atoms with van der Waals surface area (Å²) in [6, 6.07) is 21.5. The Morgan fingerprint density at radius 3 is 2.32 bits per heavy atom. The van der Waals surface area contributed by atoms with Gasteiger partial charge in [-0.3, -0.25) is 0 Å². The number of rotatable bonds is 7. The van der Waals surface area contributed by atoms with Crippen LogP contribution in [-0.4, -0.2) is 19.0 Å². The second-order valence-corrected chi connectivity index (χ2v) is 6.71. The summed E-state index contributed by atoms with van der Waals surface area (Å²) >= 11 is 0. The molecule has 0 radical (unpaired) electrons. The Hall–Kier alpha value is -2.36. The van der Waals surface area contributed by atoms with Crippen LogP contribution in [0.3, 0.4) is 0 Å². The second kappa shape index (κ2) is 8.15. The molecule has 3 heteroatoms. The van der Waals surface area contributed by atoms with E-state index in [9.17, 15) is 0 Å². The van der Waals surface area contributed by atoms with Crippen LogP contribution in [0.5, 0.6) is 0 Å². The van der Waals surface area contributed by atoms with Crippen molar-refractivity contribution < 1.29 is 4.42 Å². The van der Waals surface area contributed by atoms with Crippen LogP contribution in [-0.2, 0) is 19.6 Å². The summed E-state index contributed by atoms with van der Waals surface area (Å²) in [5.74, 6) is 1.93. The molecule has 0 amide bonds. The quantitative estimate of drug-likeness (QED) is 0.684. The highest BCUT2D eigenvalue weighted by Gasteiger charge is 2.06. The predicted molar refractivity (Wildman–Crippen MR) is 103 cm³/mol. The fourth-order valence-corrected chi connectivity index (χ4v) is 3.01. The average molecular weight is 334 g/mol. The molecule has 3 nitrogen and oxygen atoms in total. The molecule has 3 rings (SSSR count). The van der Waals surface area contributed by atoms with Crippen LogP contribution < -0.4 is 5.32 Å². The van der Waals surface area contributed by atoms with Crippen LogP contribution in [0.2, 0.25) is 0 Å². The zero-order valence-corrected chi connectivity index (χ0v) is 15.3. The zero-order chi connectivity index (χ0) is 17.6. The molecule has 0 unspecified atom stereocenters. The van der Waals surface area contributed by atoms with Crippen molar-refractivity contribution in [3.05, 3.63) is 83.3 Å². The Bertz CT molecular complexity index is 803. The number of hydrogen-bond acceptors (Lipinski definition) is 3. The summed E-state index contributed by atoms with van der Waals surface area (Å²) in [5.41, 5.74) is 5.17. The molecule has 1 aromatic heterocycles. The molecule has 1 N–H and O–H groups in total. The van der Waals surface area contributed by atoms with E-state index in [1.54, 1.807) is 0 Å².